The molecule has 2 aromatic heterocycles. The van der Waals surface area contributed by atoms with Crippen LogP contribution in [0.2, 0.25) is 5.15 Å². The number of pyridine rings is 1. The van der Waals surface area contributed by atoms with Crippen molar-refractivity contribution in [2.75, 3.05) is 7.11 Å². The number of aromatic nitrogens is 3. The molecular formula is C10H7ClFN3O. The van der Waals surface area contributed by atoms with E-state index >= 15 is 0 Å². The molecule has 0 aliphatic heterocycles. The van der Waals surface area contributed by atoms with Crippen LogP contribution in [0.5, 0.6) is 5.75 Å². The summed E-state index contributed by atoms with van der Waals surface area (Å²) in [4.78, 5) is 11.4. The number of rotatable bonds is 2. The second-order valence-corrected chi connectivity index (χ2v) is 3.26. The Labute approximate surface area is 96.1 Å². The van der Waals surface area contributed by atoms with Crippen molar-refractivity contribution < 1.29 is 9.13 Å². The average Bonchev–Trinajstić information content (AvgIpc) is 2.29. The number of ether oxygens (including phenoxy) is 1. The van der Waals surface area contributed by atoms with E-state index in [4.69, 9.17) is 16.3 Å². The predicted octanol–water partition coefficient (Wildman–Crippen LogP) is 2.34. The van der Waals surface area contributed by atoms with Crippen LogP contribution in [0.3, 0.4) is 0 Å². The molecule has 6 heteroatoms. The summed E-state index contributed by atoms with van der Waals surface area (Å²) in [5, 5.41) is 0.142. The lowest BCUT2D eigenvalue weighted by atomic mass is 10.1. The molecule has 0 atom stereocenters. The Morgan fingerprint density at radius 1 is 1.38 bits per heavy atom. The molecule has 0 saturated heterocycles. The van der Waals surface area contributed by atoms with Crippen molar-refractivity contribution in [2.24, 2.45) is 0 Å². The molecule has 0 aliphatic carbocycles. The van der Waals surface area contributed by atoms with Crippen LogP contribution in [0.4, 0.5) is 4.39 Å². The van der Waals surface area contributed by atoms with E-state index in [0.29, 0.717) is 5.69 Å². The molecule has 0 bridgehead atoms. The van der Waals surface area contributed by atoms with Crippen LogP contribution in [-0.2, 0) is 0 Å². The van der Waals surface area contributed by atoms with Crippen molar-refractivity contribution in [3.63, 3.8) is 0 Å². The molecule has 0 saturated carbocycles. The summed E-state index contributed by atoms with van der Waals surface area (Å²) in [6.07, 6.45) is 3.82. The molecule has 0 fully saturated rings. The van der Waals surface area contributed by atoms with Crippen LogP contribution in [0, 0.1) is 5.82 Å². The van der Waals surface area contributed by atoms with E-state index in [1.807, 2.05) is 0 Å². The van der Waals surface area contributed by atoms with Gasteiger partial charge in [-0.25, -0.2) is 14.4 Å². The minimum absolute atomic E-state index is 0.142. The van der Waals surface area contributed by atoms with Gasteiger partial charge in [0.15, 0.2) is 16.7 Å². The molecule has 0 amide bonds. The Morgan fingerprint density at radius 3 is 2.88 bits per heavy atom. The Kier molecular flexibility index (Phi) is 2.96. The van der Waals surface area contributed by atoms with E-state index in [1.54, 1.807) is 0 Å². The molecule has 0 radical (unpaired) electrons. The molecule has 0 aromatic carbocycles. The smallest absolute Gasteiger partial charge is 0.182 e. The summed E-state index contributed by atoms with van der Waals surface area (Å²) in [5.74, 6) is -0.246. The topological polar surface area (TPSA) is 47.9 Å². The van der Waals surface area contributed by atoms with Gasteiger partial charge in [-0.05, 0) is 6.07 Å². The summed E-state index contributed by atoms with van der Waals surface area (Å²) in [7, 11) is 1.42. The average molecular weight is 240 g/mol. The number of hydrogen-bond donors (Lipinski definition) is 0. The molecule has 2 heterocycles. The molecule has 0 unspecified atom stereocenters. The largest absolute Gasteiger partial charge is 0.491 e. The summed E-state index contributed by atoms with van der Waals surface area (Å²) in [6, 6.07) is 1.50. The van der Waals surface area contributed by atoms with Gasteiger partial charge in [0.25, 0.3) is 0 Å². The van der Waals surface area contributed by atoms with Gasteiger partial charge < -0.3 is 4.74 Å². The fourth-order valence-corrected chi connectivity index (χ4v) is 1.50. The third-order valence-electron chi connectivity index (χ3n) is 1.99. The maximum absolute atomic E-state index is 13.5. The fourth-order valence-electron chi connectivity index (χ4n) is 1.29. The first kappa shape index (κ1) is 10.8. The highest BCUT2D eigenvalue weighted by Gasteiger charge is 2.15. The number of methoxy groups -OCH3 is 1. The summed E-state index contributed by atoms with van der Waals surface area (Å²) >= 11 is 5.82. The third-order valence-corrected chi connectivity index (χ3v) is 2.26. The minimum Gasteiger partial charge on any atom is -0.491 e. The van der Waals surface area contributed by atoms with E-state index in [9.17, 15) is 4.39 Å². The third kappa shape index (κ3) is 1.81. The zero-order chi connectivity index (χ0) is 11.5. The monoisotopic (exact) mass is 239 g/mol. The van der Waals surface area contributed by atoms with Crippen molar-refractivity contribution in [3.05, 3.63) is 35.8 Å². The van der Waals surface area contributed by atoms with Crippen LogP contribution in [-0.4, -0.2) is 22.1 Å². The highest BCUT2D eigenvalue weighted by molar-refractivity contribution is 6.31. The molecule has 2 rings (SSSR count). The van der Waals surface area contributed by atoms with Crippen molar-refractivity contribution in [2.45, 2.75) is 0 Å². The van der Waals surface area contributed by atoms with E-state index in [-0.39, 0.29) is 16.5 Å². The first-order valence-electron chi connectivity index (χ1n) is 4.38. The van der Waals surface area contributed by atoms with Gasteiger partial charge in [0.1, 0.15) is 12.0 Å². The highest BCUT2D eigenvalue weighted by atomic mass is 35.5. The normalized spacial score (nSPS) is 10.2. The Balaban J connectivity index is 2.65. The SMILES string of the molecule is COc1c(Cl)ncnc1-c1ccncc1F. The maximum atomic E-state index is 13.5. The maximum Gasteiger partial charge on any atom is 0.182 e. The van der Waals surface area contributed by atoms with Crippen molar-refractivity contribution >= 4 is 11.6 Å². The van der Waals surface area contributed by atoms with Crippen LogP contribution in [0.1, 0.15) is 0 Å². The predicted molar refractivity (Wildman–Crippen MR) is 56.8 cm³/mol. The lowest BCUT2D eigenvalue weighted by Gasteiger charge is -2.08. The Hall–Kier alpha value is -1.75. The zero-order valence-corrected chi connectivity index (χ0v) is 9.07. The van der Waals surface area contributed by atoms with Gasteiger partial charge in [-0.1, -0.05) is 11.6 Å². The minimum atomic E-state index is -0.490. The summed E-state index contributed by atoms with van der Waals surface area (Å²) in [6.45, 7) is 0. The van der Waals surface area contributed by atoms with Crippen molar-refractivity contribution in [1.82, 2.24) is 15.0 Å². The number of halogens is 2. The summed E-state index contributed by atoms with van der Waals surface area (Å²) in [5.41, 5.74) is 0.582. The van der Waals surface area contributed by atoms with Crippen molar-refractivity contribution in [3.8, 4) is 17.0 Å². The first-order valence-corrected chi connectivity index (χ1v) is 4.76. The fraction of sp³-hybridized carbons (Fsp3) is 0.100. The Bertz CT molecular complexity index is 521. The van der Waals surface area contributed by atoms with Gasteiger partial charge in [-0.2, -0.15) is 0 Å². The molecule has 4 nitrogen and oxygen atoms in total. The second kappa shape index (κ2) is 4.40. The highest BCUT2D eigenvalue weighted by Crippen LogP contribution is 2.33. The standard InChI is InChI=1S/C10H7ClFN3O/c1-16-9-8(14-5-15-10(9)11)6-2-3-13-4-7(6)12/h2-5H,1H3. The van der Waals surface area contributed by atoms with E-state index in [1.165, 1.54) is 25.7 Å². The molecule has 0 spiro atoms. The lowest BCUT2D eigenvalue weighted by Crippen LogP contribution is -1.96. The van der Waals surface area contributed by atoms with E-state index < -0.39 is 5.82 Å². The Morgan fingerprint density at radius 2 is 2.19 bits per heavy atom. The van der Waals surface area contributed by atoms with Gasteiger partial charge in [0, 0.05) is 11.8 Å². The van der Waals surface area contributed by atoms with Crippen LogP contribution >= 0.6 is 11.6 Å². The molecule has 82 valence electrons. The van der Waals surface area contributed by atoms with Crippen LogP contribution in [0.15, 0.2) is 24.8 Å². The van der Waals surface area contributed by atoms with E-state index in [0.717, 1.165) is 6.20 Å². The van der Waals surface area contributed by atoms with Gasteiger partial charge >= 0.3 is 0 Å². The summed E-state index contributed by atoms with van der Waals surface area (Å²) < 4.78 is 18.5. The molecule has 0 N–H and O–H groups in total. The molecule has 16 heavy (non-hydrogen) atoms. The van der Waals surface area contributed by atoms with Crippen LogP contribution in [0.25, 0.3) is 11.3 Å². The van der Waals surface area contributed by atoms with Crippen LogP contribution < -0.4 is 4.74 Å². The van der Waals surface area contributed by atoms with Gasteiger partial charge in [-0.15, -0.1) is 0 Å². The molecule has 2 aromatic rings. The van der Waals surface area contributed by atoms with Crippen molar-refractivity contribution in [1.29, 1.82) is 0 Å². The molecule has 0 aliphatic rings. The number of nitrogens with zero attached hydrogens (tertiary/aromatic N) is 3. The van der Waals surface area contributed by atoms with Gasteiger partial charge in [0.2, 0.25) is 0 Å². The molecular weight excluding hydrogens is 233 g/mol. The second-order valence-electron chi connectivity index (χ2n) is 2.90. The number of hydrogen-bond acceptors (Lipinski definition) is 4. The lowest BCUT2D eigenvalue weighted by molar-refractivity contribution is 0.412. The first-order chi connectivity index (χ1) is 7.74. The van der Waals surface area contributed by atoms with E-state index in [2.05, 4.69) is 15.0 Å². The quantitative estimate of drug-likeness (QED) is 0.755. The van der Waals surface area contributed by atoms with Gasteiger partial charge in [0.05, 0.1) is 13.3 Å². The van der Waals surface area contributed by atoms with Gasteiger partial charge in [-0.3, -0.25) is 4.98 Å². The zero-order valence-electron chi connectivity index (χ0n) is 8.32.